The first-order valence-electron chi connectivity index (χ1n) is 9.98. The second-order valence-electron chi connectivity index (χ2n) is 7.11. The molecule has 0 bridgehead atoms. The minimum Gasteiger partial charge on any atom is -0.486 e. The van der Waals surface area contributed by atoms with Gasteiger partial charge in [-0.15, -0.1) is 0 Å². The van der Waals surface area contributed by atoms with Gasteiger partial charge in [0, 0.05) is 15.4 Å². The highest BCUT2D eigenvalue weighted by atomic mass is 79.9. The van der Waals surface area contributed by atoms with Crippen LogP contribution in [0.2, 0.25) is 0 Å². The van der Waals surface area contributed by atoms with Gasteiger partial charge in [0.25, 0.3) is 5.69 Å². The fourth-order valence-electron chi connectivity index (χ4n) is 3.48. The highest BCUT2D eigenvalue weighted by Crippen LogP contribution is 2.36. The van der Waals surface area contributed by atoms with E-state index in [-0.39, 0.29) is 17.2 Å². The van der Waals surface area contributed by atoms with Crippen LogP contribution in [0, 0.1) is 10.1 Å². The van der Waals surface area contributed by atoms with Crippen molar-refractivity contribution >= 4 is 44.7 Å². The standard InChI is InChI=1S/C23H16BrN5O4/c24-16-6-7-18-17(11-16)22(14-4-2-1-3-5-14)27-23(26-18)28-25-13-15-10-20-21(33-9-8-32-20)12-19(15)29(30)31/h1-7,10-13H,8-9H2,(H,26,27,28). The fourth-order valence-corrected chi connectivity index (χ4v) is 3.84. The molecule has 1 N–H and O–H groups in total. The van der Waals surface area contributed by atoms with Gasteiger partial charge in [0.05, 0.1) is 34.0 Å². The first-order chi connectivity index (χ1) is 16.1. The number of anilines is 1. The van der Waals surface area contributed by atoms with Crippen LogP contribution >= 0.6 is 15.9 Å². The van der Waals surface area contributed by atoms with Crippen LogP contribution in [0.4, 0.5) is 11.6 Å². The van der Waals surface area contributed by atoms with Gasteiger partial charge in [0.15, 0.2) is 11.5 Å². The molecule has 2 heterocycles. The molecule has 0 unspecified atom stereocenters. The number of rotatable bonds is 5. The lowest BCUT2D eigenvalue weighted by molar-refractivity contribution is -0.385. The number of nitrogens with one attached hydrogen (secondary N) is 1. The van der Waals surface area contributed by atoms with Gasteiger partial charge in [-0.25, -0.2) is 15.4 Å². The molecule has 1 aliphatic heterocycles. The summed E-state index contributed by atoms with van der Waals surface area (Å²) in [6, 6.07) is 18.4. The van der Waals surface area contributed by atoms with Crippen LogP contribution in [-0.4, -0.2) is 34.3 Å². The summed E-state index contributed by atoms with van der Waals surface area (Å²) in [5.74, 6) is 1.04. The van der Waals surface area contributed by atoms with Gasteiger partial charge >= 0.3 is 0 Å². The average Bonchev–Trinajstić information content (AvgIpc) is 2.83. The zero-order valence-electron chi connectivity index (χ0n) is 17.1. The van der Waals surface area contributed by atoms with Crippen molar-refractivity contribution in [3.05, 3.63) is 80.8 Å². The van der Waals surface area contributed by atoms with E-state index in [4.69, 9.17) is 9.47 Å². The van der Waals surface area contributed by atoms with Crippen LogP contribution in [0.25, 0.3) is 22.2 Å². The molecule has 4 aromatic rings. The Morgan fingerprint density at radius 1 is 1.03 bits per heavy atom. The third kappa shape index (κ3) is 4.33. The maximum Gasteiger partial charge on any atom is 0.282 e. The van der Waals surface area contributed by atoms with E-state index in [1.54, 1.807) is 0 Å². The number of hydrazone groups is 1. The van der Waals surface area contributed by atoms with E-state index in [0.29, 0.717) is 24.7 Å². The Balaban J connectivity index is 1.50. The maximum atomic E-state index is 11.5. The molecule has 33 heavy (non-hydrogen) atoms. The van der Waals surface area contributed by atoms with Crippen LogP contribution in [0.3, 0.4) is 0 Å². The van der Waals surface area contributed by atoms with Gasteiger partial charge < -0.3 is 9.47 Å². The summed E-state index contributed by atoms with van der Waals surface area (Å²) in [5.41, 5.74) is 5.33. The van der Waals surface area contributed by atoms with Crippen molar-refractivity contribution in [2.45, 2.75) is 0 Å². The second-order valence-corrected chi connectivity index (χ2v) is 8.02. The Bertz CT molecular complexity index is 1400. The molecule has 1 aliphatic rings. The molecule has 5 rings (SSSR count). The minimum atomic E-state index is -0.489. The lowest BCUT2D eigenvalue weighted by atomic mass is 10.1. The number of nitro groups is 1. The van der Waals surface area contributed by atoms with Gasteiger partial charge in [-0.05, 0) is 24.3 Å². The number of halogens is 1. The lowest BCUT2D eigenvalue weighted by Crippen LogP contribution is -2.16. The van der Waals surface area contributed by atoms with E-state index < -0.39 is 4.92 Å². The summed E-state index contributed by atoms with van der Waals surface area (Å²) in [6.45, 7) is 0.724. The number of nitro benzene ring substituents is 1. The molecule has 10 heteroatoms. The van der Waals surface area contributed by atoms with Crippen molar-refractivity contribution in [3.63, 3.8) is 0 Å². The number of hydrogen-bond acceptors (Lipinski definition) is 8. The molecule has 0 amide bonds. The zero-order chi connectivity index (χ0) is 22.8. The van der Waals surface area contributed by atoms with E-state index in [9.17, 15) is 10.1 Å². The molecule has 0 spiro atoms. The Labute approximate surface area is 196 Å². The van der Waals surface area contributed by atoms with E-state index in [0.717, 1.165) is 26.6 Å². The molecular formula is C23H16BrN5O4. The summed E-state index contributed by atoms with van der Waals surface area (Å²) in [4.78, 5) is 20.2. The molecule has 0 fully saturated rings. The zero-order valence-corrected chi connectivity index (χ0v) is 18.7. The first-order valence-corrected chi connectivity index (χ1v) is 10.8. The number of fused-ring (bicyclic) bond motifs is 2. The van der Waals surface area contributed by atoms with Gasteiger partial charge in [-0.1, -0.05) is 46.3 Å². The predicted octanol–water partition coefficient (Wildman–Crippen LogP) is 5.18. The number of aromatic nitrogens is 2. The van der Waals surface area contributed by atoms with E-state index >= 15 is 0 Å². The summed E-state index contributed by atoms with van der Waals surface area (Å²) in [5, 5.41) is 16.5. The second kappa shape index (κ2) is 8.83. The first kappa shape index (κ1) is 20.8. The smallest absolute Gasteiger partial charge is 0.282 e. The van der Waals surface area contributed by atoms with E-state index in [1.165, 1.54) is 18.3 Å². The molecule has 164 valence electrons. The predicted molar refractivity (Wildman–Crippen MR) is 128 cm³/mol. The quantitative estimate of drug-likeness (QED) is 0.225. The lowest BCUT2D eigenvalue weighted by Gasteiger charge is -2.18. The van der Waals surface area contributed by atoms with Crippen LogP contribution in [0.1, 0.15) is 5.56 Å². The molecule has 0 saturated heterocycles. The number of ether oxygens (including phenoxy) is 2. The summed E-state index contributed by atoms with van der Waals surface area (Å²) < 4.78 is 11.9. The number of benzene rings is 3. The van der Waals surface area contributed by atoms with Gasteiger partial charge in [-0.3, -0.25) is 10.1 Å². The average molecular weight is 506 g/mol. The fraction of sp³-hybridized carbons (Fsp3) is 0.0870. The van der Waals surface area contributed by atoms with Crippen LogP contribution in [0.5, 0.6) is 11.5 Å². The van der Waals surface area contributed by atoms with Crippen molar-refractivity contribution < 1.29 is 14.4 Å². The molecule has 0 atom stereocenters. The van der Waals surface area contributed by atoms with Crippen LogP contribution in [0.15, 0.2) is 70.2 Å². The van der Waals surface area contributed by atoms with Crippen molar-refractivity contribution in [3.8, 4) is 22.8 Å². The van der Waals surface area contributed by atoms with E-state index in [2.05, 4.69) is 36.4 Å². The molecule has 3 aromatic carbocycles. The highest BCUT2D eigenvalue weighted by molar-refractivity contribution is 9.10. The number of nitrogens with zero attached hydrogens (tertiary/aromatic N) is 4. The number of hydrogen-bond donors (Lipinski definition) is 1. The molecule has 0 radical (unpaired) electrons. The monoisotopic (exact) mass is 505 g/mol. The van der Waals surface area contributed by atoms with Crippen LogP contribution < -0.4 is 14.9 Å². The molecule has 1 aromatic heterocycles. The molecule has 9 nitrogen and oxygen atoms in total. The van der Waals surface area contributed by atoms with Gasteiger partial charge in [0.2, 0.25) is 5.95 Å². The van der Waals surface area contributed by atoms with Crippen molar-refractivity contribution in [1.82, 2.24) is 9.97 Å². The molecule has 0 saturated carbocycles. The van der Waals surface area contributed by atoms with Gasteiger partial charge in [0.1, 0.15) is 13.2 Å². The Morgan fingerprint density at radius 3 is 2.55 bits per heavy atom. The molecular weight excluding hydrogens is 490 g/mol. The SMILES string of the molecule is O=[N+]([O-])c1cc2c(cc1C=NNc1nc(-c3ccccc3)c3cc(Br)ccc3n1)OCCO2. The highest BCUT2D eigenvalue weighted by Gasteiger charge is 2.21. The Hall–Kier alpha value is -4.05. The third-order valence-corrected chi connectivity index (χ3v) is 5.45. The maximum absolute atomic E-state index is 11.5. The topological polar surface area (TPSA) is 112 Å². The minimum absolute atomic E-state index is 0.140. The van der Waals surface area contributed by atoms with Crippen molar-refractivity contribution in [1.29, 1.82) is 0 Å². The molecule has 0 aliphatic carbocycles. The largest absolute Gasteiger partial charge is 0.486 e. The van der Waals surface area contributed by atoms with E-state index in [1.807, 2.05) is 48.5 Å². The van der Waals surface area contributed by atoms with Crippen molar-refractivity contribution in [2.24, 2.45) is 5.10 Å². The van der Waals surface area contributed by atoms with Crippen LogP contribution in [-0.2, 0) is 0 Å². The summed E-state index contributed by atoms with van der Waals surface area (Å²) in [6.07, 6.45) is 1.34. The third-order valence-electron chi connectivity index (χ3n) is 4.96. The summed E-state index contributed by atoms with van der Waals surface area (Å²) in [7, 11) is 0. The Morgan fingerprint density at radius 2 is 1.79 bits per heavy atom. The summed E-state index contributed by atoms with van der Waals surface area (Å²) >= 11 is 3.50. The van der Waals surface area contributed by atoms with Crippen molar-refractivity contribution in [2.75, 3.05) is 18.6 Å². The van der Waals surface area contributed by atoms with Gasteiger partial charge in [-0.2, -0.15) is 5.10 Å². The Kier molecular flexibility index (Phi) is 5.57. The normalized spacial score (nSPS) is 12.8.